The van der Waals surface area contributed by atoms with E-state index >= 15 is 0 Å². The van der Waals surface area contributed by atoms with Crippen LogP contribution in [-0.4, -0.2) is 42.2 Å². The topological polar surface area (TPSA) is 49.8 Å². The second kappa shape index (κ2) is 8.85. The van der Waals surface area contributed by atoms with Gasteiger partial charge in [-0.15, -0.1) is 0 Å². The molecule has 1 aromatic carbocycles. The molecule has 0 fully saturated rings. The molecule has 0 aliphatic heterocycles. The van der Waals surface area contributed by atoms with E-state index in [0.717, 1.165) is 10.0 Å². The lowest BCUT2D eigenvalue weighted by molar-refractivity contribution is -0.127. The van der Waals surface area contributed by atoms with Crippen molar-refractivity contribution in [1.29, 1.82) is 0 Å². The van der Waals surface area contributed by atoms with E-state index in [0.29, 0.717) is 18.7 Å². The van der Waals surface area contributed by atoms with E-state index in [-0.39, 0.29) is 18.6 Å². The Morgan fingerprint density at radius 1 is 1.48 bits per heavy atom. The summed E-state index contributed by atoms with van der Waals surface area (Å²) in [7, 11) is 1.60. The fourth-order valence-corrected chi connectivity index (χ4v) is 2.33. The molecule has 0 aliphatic carbocycles. The third-order valence-corrected chi connectivity index (χ3v) is 3.55. The lowest BCUT2D eigenvalue weighted by atomic mass is 10.1. The van der Waals surface area contributed by atoms with Crippen LogP contribution in [0.2, 0.25) is 0 Å². The highest BCUT2D eigenvalue weighted by Gasteiger charge is 2.13. The van der Waals surface area contributed by atoms with Crippen molar-refractivity contribution in [3.8, 4) is 5.75 Å². The number of rotatable bonds is 7. The Hall–Kier alpha value is -1.33. The maximum absolute atomic E-state index is 12.3. The van der Waals surface area contributed by atoms with Gasteiger partial charge in [0, 0.05) is 35.3 Å². The molecule has 0 unspecified atom stereocenters. The van der Waals surface area contributed by atoms with Crippen molar-refractivity contribution < 1.29 is 14.6 Å². The van der Waals surface area contributed by atoms with Crippen LogP contribution < -0.4 is 4.74 Å². The van der Waals surface area contributed by atoms with Crippen molar-refractivity contribution in [1.82, 2.24) is 4.90 Å². The van der Waals surface area contributed by atoms with Crippen molar-refractivity contribution in [3.63, 3.8) is 0 Å². The second-order valence-corrected chi connectivity index (χ2v) is 5.84. The highest BCUT2D eigenvalue weighted by molar-refractivity contribution is 9.10. The fourth-order valence-electron chi connectivity index (χ4n) is 1.96. The molecule has 0 atom stereocenters. The summed E-state index contributed by atoms with van der Waals surface area (Å²) in [6.07, 6.45) is 3.87. The van der Waals surface area contributed by atoms with Crippen molar-refractivity contribution in [2.75, 3.05) is 20.3 Å². The Balaban J connectivity index is 2.87. The second-order valence-electron chi connectivity index (χ2n) is 4.92. The third-order valence-electron chi connectivity index (χ3n) is 3.06. The van der Waals surface area contributed by atoms with Crippen LogP contribution in [-0.2, 0) is 4.79 Å². The van der Waals surface area contributed by atoms with Gasteiger partial charge in [-0.3, -0.25) is 4.79 Å². The largest absolute Gasteiger partial charge is 0.496 e. The molecule has 0 heterocycles. The molecule has 1 N–H and O–H groups in total. The number of aliphatic hydroxyl groups is 1. The first-order valence-electron chi connectivity index (χ1n) is 6.92. The van der Waals surface area contributed by atoms with Gasteiger partial charge in [-0.05, 0) is 44.5 Å². The number of hydrogen-bond acceptors (Lipinski definition) is 3. The number of nitrogens with zero attached hydrogens (tertiary/aromatic N) is 1. The van der Waals surface area contributed by atoms with Crippen LogP contribution in [0.25, 0.3) is 6.08 Å². The summed E-state index contributed by atoms with van der Waals surface area (Å²) < 4.78 is 6.20. The molecule has 21 heavy (non-hydrogen) atoms. The molecule has 0 aliphatic rings. The van der Waals surface area contributed by atoms with Gasteiger partial charge in [0.25, 0.3) is 0 Å². The molecular weight excluding hydrogens is 334 g/mol. The molecule has 0 bridgehead atoms. The molecule has 1 amide bonds. The molecule has 0 radical (unpaired) electrons. The van der Waals surface area contributed by atoms with Crippen molar-refractivity contribution >= 4 is 27.9 Å². The Labute approximate surface area is 134 Å². The highest BCUT2D eigenvalue weighted by Crippen LogP contribution is 2.24. The highest BCUT2D eigenvalue weighted by atomic mass is 79.9. The van der Waals surface area contributed by atoms with Crippen LogP contribution in [0.1, 0.15) is 25.8 Å². The van der Waals surface area contributed by atoms with Gasteiger partial charge in [0.2, 0.25) is 5.91 Å². The SMILES string of the molecule is COc1ccc(Br)cc1/C=C/C(=O)N(CCCO)C(C)C. The lowest BCUT2D eigenvalue weighted by Crippen LogP contribution is -2.36. The van der Waals surface area contributed by atoms with Crippen molar-refractivity contribution in [2.45, 2.75) is 26.3 Å². The quantitative estimate of drug-likeness (QED) is 0.764. The zero-order chi connectivity index (χ0) is 15.8. The number of carbonyl (C=O) groups excluding carboxylic acids is 1. The number of amides is 1. The normalized spacial score (nSPS) is 11.1. The van der Waals surface area contributed by atoms with E-state index in [4.69, 9.17) is 9.84 Å². The van der Waals surface area contributed by atoms with Crippen molar-refractivity contribution in [2.24, 2.45) is 0 Å². The third kappa shape index (κ3) is 5.52. The van der Waals surface area contributed by atoms with E-state index in [1.807, 2.05) is 32.0 Å². The minimum atomic E-state index is -0.0690. The van der Waals surface area contributed by atoms with Gasteiger partial charge in [-0.1, -0.05) is 15.9 Å². The monoisotopic (exact) mass is 355 g/mol. The van der Waals surface area contributed by atoms with Crippen LogP contribution >= 0.6 is 15.9 Å². The van der Waals surface area contributed by atoms with E-state index in [2.05, 4.69) is 15.9 Å². The molecule has 4 nitrogen and oxygen atoms in total. The summed E-state index contributed by atoms with van der Waals surface area (Å²) in [4.78, 5) is 14.0. The number of methoxy groups -OCH3 is 1. The molecule has 0 saturated heterocycles. The summed E-state index contributed by atoms with van der Waals surface area (Å²) in [5.41, 5.74) is 0.839. The van der Waals surface area contributed by atoms with Crippen LogP contribution in [0.4, 0.5) is 0 Å². The average molecular weight is 356 g/mol. The summed E-state index contributed by atoms with van der Waals surface area (Å²) in [5.74, 6) is 0.647. The Bertz CT molecular complexity index is 500. The number of hydrogen-bond donors (Lipinski definition) is 1. The Morgan fingerprint density at radius 3 is 2.76 bits per heavy atom. The predicted molar refractivity (Wildman–Crippen MR) is 88.3 cm³/mol. The van der Waals surface area contributed by atoms with Gasteiger partial charge in [0.1, 0.15) is 5.75 Å². The summed E-state index contributed by atoms with van der Waals surface area (Å²) in [6.45, 7) is 4.55. The molecule has 116 valence electrons. The van der Waals surface area contributed by atoms with Gasteiger partial charge in [-0.25, -0.2) is 0 Å². The smallest absolute Gasteiger partial charge is 0.246 e. The van der Waals surface area contributed by atoms with Crippen LogP contribution in [0.3, 0.4) is 0 Å². The summed E-state index contributed by atoms with van der Waals surface area (Å²) >= 11 is 3.41. The van der Waals surface area contributed by atoms with Crippen LogP contribution in [0.15, 0.2) is 28.7 Å². The molecule has 1 rings (SSSR count). The first-order valence-corrected chi connectivity index (χ1v) is 7.72. The van der Waals surface area contributed by atoms with Gasteiger partial charge < -0.3 is 14.7 Å². The van der Waals surface area contributed by atoms with Gasteiger partial charge in [0.05, 0.1) is 7.11 Å². The number of benzene rings is 1. The Morgan fingerprint density at radius 2 is 2.19 bits per heavy atom. The number of ether oxygens (including phenoxy) is 1. The molecule has 5 heteroatoms. The molecular formula is C16H22BrNO3. The van der Waals surface area contributed by atoms with Crippen LogP contribution in [0, 0.1) is 0 Å². The zero-order valence-corrected chi connectivity index (χ0v) is 14.3. The number of halogens is 1. The Kier molecular flexibility index (Phi) is 7.47. The predicted octanol–water partition coefficient (Wildman–Crippen LogP) is 3.09. The van der Waals surface area contributed by atoms with Crippen molar-refractivity contribution in [3.05, 3.63) is 34.3 Å². The van der Waals surface area contributed by atoms with E-state index in [1.165, 1.54) is 0 Å². The minimum Gasteiger partial charge on any atom is -0.496 e. The molecule has 1 aromatic rings. The molecule has 0 saturated carbocycles. The molecule has 0 spiro atoms. The van der Waals surface area contributed by atoms with Gasteiger partial charge in [0.15, 0.2) is 0 Å². The molecule has 0 aromatic heterocycles. The maximum atomic E-state index is 12.3. The number of carbonyl (C=O) groups is 1. The van der Waals surface area contributed by atoms with Crippen LogP contribution in [0.5, 0.6) is 5.75 Å². The van der Waals surface area contributed by atoms with E-state index < -0.39 is 0 Å². The minimum absolute atomic E-state index is 0.0690. The summed E-state index contributed by atoms with van der Waals surface area (Å²) in [5, 5.41) is 8.91. The van der Waals surface area contributed by atoms with Gasteiger partial charge >= 0.3 is 0 Å². The van der Waals surface area contributed by atoms with E-state index in [1.54, 1.807) is 24.2 Å². The summed E-state index contributed by atoms with van der Waals surface area (Å²) in [6, 6.07) is 5.73. The van der Waals surface area contributed by atoms with E-state index in [9.17, 15) is 4.79 Å². The fraction of sp³-hybridized carbons (Fsp3) is 0.438. The van der Waals surface area contributed by atoms with Gasteiger partial charge in [-0.2, -0.15) is 0 Å². The average Bonchev–Trinajstić information content (AvgIpc) is 2.45. The maximum Gasteiger partial charge on any atom is 0.246 e. The zero-order valence-electron chi connectivity index (χ0n) is 12.7. The first kappa shape index (κ1) is 17.7. The lowest BCUT2D eigenvalue weighted by Gasteiger charge is -2.25. The number of aliphatic hydroxyl groups excluding tert-OH is 1. The standard InChI is InChI=1S/C16H22BrNO3/c1-12(2)18(9-4-10-19)16(20)8-5-13-11-14(17)6-7-15(13)21-3/h5-8,11-12,19H,4,9-10H2,1-3H3/b8-5+. The first-order chi connectivity index (χ1) is 9.99.